The Morgan fingerprint density at radius 2 is 1.50 bits per heavy atom. The molecule has 4 rings (SSSR count). The van der Waals surface area contributed by atoms with Crippen LogP contribution < -0.4 is 15.0 Å². The predicted octanol–water partition coefficient (Wildman–Crippen LogP) is 4.08. The molecule has 0 bridgehead atoms. The zero-order valence-corrected chi connectivity index (χ0v) is 14.4. The SMILES string of the molecule is COc1cc2cc(-c3cccc4ccccc34)c(=O)n(O)c2cc1OC. The third-order valence-electron chi connectivity index (χ3n) is 4.56. The van der Waals surface area contributed by atoms with Crippen LogP contribution >= 0.6 is 0 Å². The minimum absolute atomic E-state index is 0.358. The molecule has 3 aromatic carbocycles. The number of pyridine rings is 1. The number of methoxy groups -OCH3 is 2. The minimum Gasteiger partial charge on any atom is -0.493 e. The first-order valence-electron chi connectivity index (χ1n) is 8.13. The summed E-state index contributed by atoms with van der Waals surface area (Å²) in [5, 5.41) is 13.1. The average Bonchev–Trinajstić information content (AvgIpc) is 2.69. The van der Waals surface area contributed by atoms with Crippen LogP contribution in [0.3, 0.4) is 0 Å². The van der Waals surface area contributed by atoms with Gasteiger partial charge in [-0.1, -0.05) is 42.5 Å². The van der Waals surface area contributed by atoms with E-state index < -0.39 is 5.56 Å². The van der Waals surface area contributed by atoms with E-state index in [4.69, 9.17) is 9.47 Å². The second-order valence-corrected chi connectivity index (χ2v) is 5.97. The summed E-state index contributed by atoms with van der Waals surface area (Å²) in [7, 11) is 3.05. The van der Waals surface area contributed by atoms with Crippen LogP contribution in [0.15, 0.2) is 65.5 Å². The first kappa shape index (κ1) is 16.0. The molecule has 1 N–H and O–H groups in total. The molecule has 1 aromatic heterocycles. The molecule has 0 unspecified atom stereocenters. The van der Waals surface area contributed by atoms with E-state index in [2.05, 4.69) is 0 Å². The largest absolute Gasteiger partial charge is 0.493 e. The second kappa shape index (κ2) is 6.11. The Morgan fingerprint density at radius 1 is 0.808 bits per heavy atom. The van der Waals surface area contributed by atoms with Gasteiger partial charge in [-0.05, 0) is 28.5 Å². The molecule has 5 nitrogen and oxygen atoms in total. The van der Waals surface area contributed by atoms with Gasteiger partial charge in [-0.3, -0.25) is 4.79 Å². The number of benzene rings is 3. The molecule has 0 radical (unpaired) electrons. The molecule has 0 saturated heterocycles. The van der Waals surface area contributed by atoms with Crippen molar-refractivity contribution in [3.8, 4) is 22.6 Å². The number of fused-ring (bicyclic) bond motifs is 2. The molecule has 0 saturated carbocycles. The summed E-state index contributed by atoms with van der Waals surface area (Å²) in [6, 6.07) is 18.7. The molecule has 4 aromatic rings. The van der Waals surface area contributed by atoms with Crippen LogP contribution in [-0.4, -0.2) is 24.2 Å². The molecule has 0 atom stereocenters. The molecule has 0 spiro atoms. The highest BCUT2D eigenvalue weighted by Crippen LogP contribution is 2.34. The summed E-state index contributed by atoms with van der Waals surface area (Å²) in [6.45, 7) is 0. The number of rotatable bonds is 3. The fraction of sp³-hybridized carbons (Fsp3) is 0.0952. The molecule has 0 fully saturated rings. The number of aromatic nitrogens is 1. The van der Waals surface area contributed by atoms with Crippen molar-refractivity contribution in [3.05, 3.63) is 71.0 Å². The van der Waals surface area contributed by atoms with Crippen LogP contribution in [0.25, 0.3) is 32.8 Å². The van der Waals surface area contributed by atoms with Gasteiger partial charge in [-0.2, -0.15) is 0 Å². The average molecular weight is 347 g/mol. The van der Waals surface area contributed by atoms with Gasteiger partial charge in [-0.25, -0.2) is 0 Å². The summed E-state index contributed by atoms with van der Waals surface area (Å²) >= 11 is 0. The number of hydrogen-bond acceptors (Lipinski definition) is 4. The van der Waals surface area contributed by atoms with Gasteiger partial charge >= 0.3 is 0 Å². The Balaban J connectivity index is 2.07. The molecule has 26 heavy (non-hydrogen) atoms. The standard InChI is InChI=1S/C21H17NO4/c1-25-19-11-14-10-17(21(23)22(24)18(14)12-20(19)26-2)16-9-5-7-13-6-3-4-8-15(13)16/h3-12,24H,1-2H3. The van der Waals surface area contributed by atoms with Gasteiger partial charge in [-0.15, -0.1) is 4.73 Å². The van der Waals surface area contributed by atoms with Crippen molar-refractivity contribution in [3.63, 3.8) is 0 Å². The molecule has 130 valence electrons. The van der Waals surface area contributed by atoms with E-state index in [0.717, 1.165) is 16.3 Å². The Morgan fingerprint density at radius 3 is 2.27 bits per heavy atom. The van der Waals surface area contributed by atoms with Crippen LogP contribution in [0, 0.1) is 0 Å². The summed E-state index contributed by atoms with van der Waals surface area (Å²) in [6.07, 6.45) is 0. The lowest BCUT2D eigenvalue weighted by Crippen LogP contribution is -2.20. The van der Waals surface area contributed by atoms with E-state index in [-0.39, 0.29) is 0 Å². The first-order chi connectivity index (χ1) is 12.6. The minimum atomic E-state index is -0.485. The molecule has 0 amide bonds. The maximum absolute atomic E-state index is 12.8. The Bertz CT molecular complexity index is 1190. The van der Waals surface area contributed by atoms with E-state index in [0.29, 0.717) is 32.7 Å². The number of hydrogen-bond donors (Lipinski definition) is 1. The van der Waals surface area contributed by atoms with Crippen LogP contribution in [0.2, 0.25) is 0 Å². The molecule has 1 heterocycles. The van der Waals surface area contributed by atoms with E-state index >= 15 is 0 Å². The highest BCUT2D eigenvalue weighted by atomic mass is 16.5. The summed E-state index contributed by atoms with van der Waals surface area (Å²) < 4.78 is 11.3. The van der Waals surface area contributed by atoms with Crippen molar-refractivity contribution in [1.29, 1.82) is 0 Å². The van der Waals surface area contributed by atoms with E-state index in [9.17, 15) is 10.0 Å². The van der Waals surface area contributed by atoms with E-state index in [1.165, 1.54) is 7.11 Å². The molecule has 5 heteroatoms. The topological polar surface area (TPSA) is 60.7 Å². The fourth-order valence-electron chi connectivity index (χ4n) is 3.28. The molecular formula is C21H17NO4. The fourth-order valence-corrected chi connectivity index (χ4v) is 3.28. The Kier molecular flexibility index (Phi) is 3.77. The monoisotopic (exact) mass is 347 g/mol. The van der Waals surface area contributed by atoms with Gasteiger partial charge in [0.25, 0.3) is 5.56 Å². The molecule has 0 aliphatic heterocycles. The van der Waals surface area contributed by atoms with Crippen LogP contribution in [0.4, 0.5) is 0 Å². The van der Waals surface area contributed by atoms with Crippen LogP contribution in [0.5, 0.6) is 11.5 Å². The van der Waals surface area contributed by atoms with E-state index in [1.807, 2.05) is 42.5 Å². The van der Waals surface area contributed by atoms with Gasteiger partial charge in [0.2, 0.25) is 0 Å². The normalized spacial score (nSPS) is 11.0. The van der Waals surface area contributed by atoms with Crippen molar-refractivity contribution < 1.29 is 14.7 Å². The highest BCUT2D eigenvalue weighted by molar-refractivity contribution is 5.98. The van der Waals surface area contributed by atoms with Crippen molar-refractivity contribution in [2.45, 2.75) is 0 Å². The third-order valence-corrected chi connectivity index (χ3v) is 4.56. The van der Waals surface area contributed by atoms with Crippen LogP contribution in [-0.2, 0) is 0 Å². The highest BCUT2D eigenvalue weighted by Gasteiger charge is 2.15. The van der Waals surface area contributed by atoms with Gasteiger partial charge < -0.3 is 14.7 Å². The predicted molar refractivity (Wildman–Crippen MR) is 101 cm³/mol. The zero-order chi connectivity index (χ0) is 18.3. The molecule has 0 aliphatic carbocycles. The maximum Gasteiger partial charge on any atom is 0.291 e. The lowest BCUT2D eigenvalue weighted by Gasteiger charge is -2.13. The lowest BCUT2D eigenvalue weighted by molar-refractivity contribution is 0.189. The van der Waals surface area contributed by atoms with Crippen LogP contribution in [0.1, 0.15) is 0 Å². The summed E-state index contributed by atoms with van der Waals surface area (Å²) in [5.74, 6) is 0.975. The van der Waals surface area contributed by atoms with Gasteiger partial charge in [0, 0.05) is 11.5 Å². The lowest BCUT2D eigenvalue weighted by atomic mass is 9.98. The Labute approximate surface area is 149 Å². The first-order valence-corrected chi connectivity index (χ1v) is 8.13. The van der Waals surface area contributed by atoms with Crippen molar-refractivity contribution in [1.82, 2.24) is 4.73 Å². The smallest absolute Gasteiger partial charge is 0.291 e. The number of nitrogens with zero attached hydrogens (tertiary/aromatic N) is 1. The quantitative estimate of drug-likeness (QED) is 0.567. The van der Waals surface area contributed by atoms with Crippen molar-refractivity contribution in [2.75, 3.05) is 14.2 Å². The number of ether oxygens (including phenoxy) is 2. The third kappa shape index (κ3) is 2.37. The second-order valence-electron chi connectivity index (χ2n) is 5.97. The summed E-state index contributed by atoms with van der Waals surface area (Å²) in [4.78, 5) is 12.8. The van der Waals surface area contributed by atoms with Gasteiger partial charge in [0.1, 0.15) is 0 Å². The zero-order valence-electron chi connectivity index (χ0n) is 14.4. The van der Waals surface area contributed by atoms with Crippen molar-refractivity contribution in [2.24, 2.45) is 0 Å². The Hall–Kier alpha value is -3.47. The maximum atomic E-state index is 12.8. The van der Waals surface area contributed by atoms with E-state index in [1.54, 1.807) is 25.3 Å². The molecular weight excluding hydrogens is 330 g/mol. The van der Waals surface area contributed by atoms with Gasteiger partial charge in [0.05, 0.1) is 25.3 Å². The van der Waals surface area contributed by atoms with Crippen molar-refractivity contribution >= 4 is 21.7 Å². The molecule has 0 aliphatic rings. The summed E-state index contributed by atoms with van der Waals surface area (Å²) in [5.41, 5.74) is 1.06. The van der Waals surface area contributed by atoms with Gasteiger partial charge in [0.15, 0.2) is 11.5 Å².